The monoisotopic (exact) mass is 411 g/mol. The highest BCUT2D eigenvalue weighted by molar-refractivity contribution is 5.92. The molecule has 0 saturated carbocycles. The third kappa shape index (κ3) is 4.25. The number of hydrogen-bond donors (Lipinski definition) is 1. The molecule has 2 aliphatic rings. The third-order valence-electron chi connectivity index (χ3n) is 5.14. The van der Waals surface area contributed by atoms with E-state index in [0.29, 0.717) is 11.3 Å². The zero-order chi connectivity index (χ0) is 21.7. The Labute approximate surface area is 175 Å². The van der Waals surface area contributed by atoms with Gasteiger partial charge in [-0.15, -0.1) is 0 Å². The van der Waals surface area contributed by atoms with Crippen molar-refractivity contribution < 1.29 is 23.8 Å². The highest BCUT2D eigenvalue weighted by atomic mass is 16.5. The van der Waals surface area contributed by atoms with Crippen LogP contribution >= 0.6 is 0 Å². The SMILES string of the molecule is CCOC(=O)C1=C(C)OC(N)=C(C#N)C1c1ccccc1OCC(=O)N1CCCC1. The second kappa shape index (κ2) is 9.35. The summed E-state index contributed by atoms with van der Waals surface area (Å²) in [5.74, 6) is -0.924. The number of allylic oxidation sites excluding steroid dienone is 2. The summed E-state index contributed by atoms with van der Waals surface area (Å²) in [6, 6.07) is 9.01. The van der Waals surface area contributed by atoms with Crippen molar-refractivity contribution in [2.45, 2.75) is 32.6 Å². The molecule has 2 aliphatic heterocycles. The van der Waals surface area contributed by atoms with Crippen LogP contribution in [0.1, 0.15) is 38.2 Å². The summed E-state index contributed by atoms with van der Waals surface area (Å²) < 4.78 is 16.5. The van der Waals surface area contributed by atoms with Gasteiger partial charge in [0.1, 0.15) is 23.2 Å². The first-order valence-electron chi connectivity index (χ1n) is 9.92. The first-order chi connectivity index (χ1) is 14.5. The Hall–Kier alpha value is -3.47. The molecule has 0 aromatic heterocycles. The van der Waals surface area contributed by atoms with Gasteiger partial charge < -0.3 is 24.8 Å². The van der Waals surface area contributed by atoms with Gasteiger partial charge in [0.2, 0.25) is 5.88 Å². The molecule has 3 rings (SSSR count). The summed E-state index contributed by atoms with van der Waals surface area (Å²) in [6.07, 6.45) is 1.99. The zero-order valence-electron chi connectivity index (χ0n) is 17.1. The van der Waals surface area contributed by atoms with E-state index in [4.69, 9.17) is 19.9 Å². The molecule has 0 aliphatic carbocycles. The van der Waals surface area contributed by atoms with E-state index < -0.39 is 11.9 Å². The van der Waals surface area contributed by atoms with Gasteiger partial charge in [0.05, 0.1) is 18.1 Å². The molecule has 8 nitrogen and oxygen atoms in total. The number of nitrogens with two attached hydrogens (primary N) is 1. The van der Waals surface area contributed by atoms with Gasteiger partial charge in [-0.2, -0.15) is 5.26 Å². The van der Waals surface area contributed by atoms with Crippen molar-refractivity contribution in [1.29, 1.82) is 5.26 Å². The summed E-state index contributed by atoms with van der Waals surface area (Å²) in [6.45, 7) is 4.81. The van der Waals surface area contributed by atoms with E-state index in [2.05, 4.69) is 0 Å². The number of esters is 1. The molecular weight excluding hydrogens is 386 g/mol. The number of benzene rings is 1. The second-order valence-electron chi connectivity index (χ2n) is 7.03. The highest BCUT2D eigenvalue weighted by Gasteiger charge is 2.37. The number of carbonyl (C=O) groups excluding carboxylic acids is 2. The number of likely N-dealkylation sites (tertiary alicyclic amines) is 1. The number of para-hydroxylation sites is 1. The minimum absolute atomic E-state index is 0.0732. The van der Waals surface area contributed by atoms with Gasteiger partial charge >= 0.3 is 5.97 Å². The Bertz CT molecular complexity index is 938. The molecule has 2 N–H and O–H groups in total. The standard InChI is InChI=1S/C22H25N3O5/c1-3-28-22(27)19-14(2)30-21(24)16(12-23)20(19)15-8-4-5-9-17(15)29-13-18(26)25-10-6-7-11-25/h4-5,8-9,20H,3,6-7,10-11,13,24H2,1-2H3. The zero-order valence-corrected chi connectivity index (χ0v) is 17.1. The van der Waals surface area contributed by atoms with E-state index in [-0.39, 0.29) is 41.9 Å². The number of nitrogens with zero attached hydrogens (tertiary/aromatic N) is 2. The summed E-state index contributed by atoms with van der Waals surface area (Å²) >= 11 is 0. The van der Waals surface area contributed by atoms with Gasteiger partial charge in [-0.1, -0.05) is 18.2 Å². The van der Waals surface area contributed by atoms with Gasteiger partial charge in [-0.05, 0) is 32.8 Å². The van der Waals surface area contributed by atoms with Crippen LogP contribution < -0.4 is 10.5 Å². The Morgan fingerprint density at radius 3 is 2.67 bits per heavy atom. The number of ether oxygens (including phenoxy) is 3. The van der Waals surface area contributed by atoms with Crippen molar-refractivity contribution in [3.05, 3.63) is 52.6 Å². The van der Waals surface area contributed by atoms with Crippen LogP contribution in [0.4, 0.5) is 0 Å². The maximum absolute atomic E-state index is 12.7. The minimum Gasteiger partial charge on any atom is -0.483 e. The van der Waals surface area contributed by atoms with Crippen molar-refractivity contribution in [1.82, 2.24) is 4.90 Å². The van der Waals surface area contributed by atoms with Crippen LogP contribution in [0.15, 0.2) is 47.1 Å². The smallest absolute Gasteiger partial charge is 0.338 e. The minimum atomic E-state index is -0.819. The maximum atomic E-state index is 12.7. The first-order valence-corrected chi connectivity index (χ1v) is 9.92. The molecular formula is C22H25N3O5. The molecule has 1 unspecified atom stereocenters. The lowest BCUT2D eigenvalue weighted by Gasteiger charge is -2.28. The molecule has 1 aromatic rings. The average Bonchev–Trinajstić information content (AvgIpc) is 3.27. The molecule has 158 valence electrons. The van der Waals surface area contributed by atoms with E-state index in [1.165, 1.54) is 0 Å². The normalized spacial score (nSPS) is 18.7. The molecule has 1 amide bonds. The summed E-state index contributed by atoms with van der Waals surface area (Å²) in [5.41, 5.74) is 6.76. The largest absolute Gasteiger partial charge is 0.483 e. The first kappa shape index (κ1) is 21.2. The van der Waals surface area contributed by atoms with Gasteiger partial charge in [0.15, 0.2) is 6.61 Å². The molecule has 0 bridgehead atoms. The molecule has 1 atom stereocenters. The van der Waals surface area contributed by atoms with Crippen molar-refractivity contribution >= 4 is 11.9 Å². The Morgan fingerprint density at radius 1 is 1.30 bits per heavy atom. The fourth-order valence-corrected chi connectivity index (χ4v) is 3.71. The lowest BCUT2D eigenvalue weighted by molar-refractivity contribution is -0.139. The van der Waals surface area contributed by atoms with Crippen LogP contribution in [0.25, 0.3) is 0 Å². The number of rotatable bonds is 6. The van der Waals surface area contributed by atoms with Crippen LogP contribution in [0.2, 0.25) is 0 Å². The Kier molecular flexibility index (Phi) is 6.62. The fraction of sp³-hybridized carbons (Fsp3) is 0.409. The van der Waals surface area contributed by atoms with Crippen LogP contribution in [0.5, 0.6) is 5.75 Å². The van der Waals surface area contributed by atoms with Crippen molar-refractivity contribution in [3.63, 3.8) is 0 Å². The highest BCUT2D eigenvalue weighted by Crippen LogP contribution is 2.42. The number of hydrogen-bond acceptors (Lipinski definition) is 7. The summed E-state index contributed by atoms with van der Waals surface area (Å²) in [4.78, 5) is 26.8. The van der Waals surface area contributed by atoms with E-state index in [0.717, 1.165) is 25.9 Å². The van der Waals surface area contributed by atoms with E-state index in [9.17, 15) is 14.9 Å². The van der Waals surface area contributed by atoms with Crippen molar-refractivity contribution in [2.75, 3.05) is 26.3 Å². The molecule has 2 heterocycles. The fourth-order valence-electron chi connectivity index (χ4n) is 3.71. The maximum Gasteiger partial charge on any atom is 0.338 e. The van der Waals surface area contributed by atoms with Gasteiger partial charge in [-0.25, -0.2) is 4.79 Å². The molecule has 1 fully saturated rings. The van der Waals surface area contributed by atoms with Crippen LogP contribution in [-0.2, 0) is 19.1 Å². The summed E-state index contributed by atoms with van der Waals surface area (Å²) in [5, 5.41) is 9.72. The predicted octanol–water partition coefficient (Wildman–Crippen LogP) is 2.33. The van der Waals surface area contributed by atoms with Gasteiger partial charge in [0.25, 0.3) is 5.91 Å². The third-order valence-corrected chi connectivity index (χ3v) is 5.14. The van der Waals surface area contributed by atoms with Crippen molar-refractivity contribution in [3.8, 4) is 11.8 Å². The van der Waals surface area contributed by atoms with Crippen LogP contribution in [0.3, 0.4) is 0 Å². The van der Waals surface area contributed by atoms with Gasteiger partial charge in [0, 0.05) is 18.7 Å². The van der Waals surface area contributed by atoms with E-state index >= 15 is 0 Å². The molecule has 1 aromatic carbocycles. The Balaban J connectivity index is 1.96. The molecule has 8 heteroatoms. The lowest BCUT2D eigenvalue weighted by Crippen LogP contribution is -2.32. The average molecular weight is 411 g/mol. The topological polar surface area (TPSA) is 115 Å². The number of carbonyl (C=O) groups is 2. The van der Waals surface area contributed by atoms with Crippen LogP contribution in [-0.4, -0.2) is 43.1 Å². The molecule has 0 spiro atoms. The van der Waals surface area contributed by atoms with E-state index in [1.807, 2.05) is 6.07 Å². The molecule has 30 heavy (non-hydrogen) atoms. The molecule has 0 radical (unpaired) electrons. The quantitative estimate of drug-likeness (QED) is 0.714. The number of nitriles is 1. The lowest BCUT2D eigenvalue weighted by atomic mass is 9.82. The molecule has 1 saturated heterocycles. The number of amides is 1. The van der Waals surface area contributed by atoms with Gasteiger partial charge in [-0.3, -0.25) is 4.79 Å². The van der Waals surface area contributed by atoms with Crippen molar-refractivity contribution in [2.24, 2.45) is 5.73 Å². The van der Waals surface area contributed by atoms with Crippen LogP contribution in [0, 0.1) is 11.3 Å². The Morgan fingerprint density at radius 2 is 2.00 bits per heavy atom. The van der Waals surface area contributed by atoms with E-state index in [1.54, 1.807) is 43.0 Å². The second-order valence-corrected chi connectivity index (χ2v) is 7.03. The predicted molar refractivity (Wildman–Crippen MR) is 108 cm³/mol. The summed E-state index contributed by atoms with van der Waals surface area (Å²) in [7, 11) is 0.